The zero-order chi connectivity index (χ0) is 20.5. The lowest BCUT2D eigenvalue weighted by Crippen LogP contribution is -2.36. The Kier molecular flexibility index (Phi) is 6.07. The van der Waals surface area contributed by atoms with Crippen molar-refractivity contribution in [3.63, 3.8) is 0 Å². The van der Waals surface area contributed by atoms with Crippen molar-refractivity contribution in [1.29, 1.82) is 0 Å². The van der Waals surface area contributed by atoms with Crippen LogP contribution in [0.3, 0.4) is 0 Å². The van der Waals surface area contributed by atoms with E-state index in [2.05, 4.69) is 9.88 Å². The molecule has 1 aliphatic rings. The van der Waals surface area contributed by atoms with Crippen molar-refractivity contribution in [2.75, 3.05) is 6.54 Å². The van der Waals surface area contributed by atoms with Gasteiger partial charge in [-0.1, -0.05) is 16.8 Å². The average molecular weight is 430 g/mol. The molecule has 10 heteroatoms. The largest absolute Gasteiger partial charge is 0.361 e. The molecule has 1 unspecified atom stereocenters. The molecule has 28 heavy (non-hydrogen) atoms. The number of benzene rings is 1. The van der Waals surface area contributed by atoms with Gasteiger partial charge in [0, 0.05) is 24.6 Å². The van der Waals surface area contributed by atoms with Crippen LogP contribution < -0.4 is 4.72 Å². The highest BCUT2D eigenvalue weighted by molar-refractivity contribution is 7.89. The first kappa shape index (κ1) is 20.8. The standard InChI is InChI=1S/C18H21ClFN3O4S/c1-11-15(12(2)27-21-11)10-23-8-7-14(4-6-18(23)24)22-28(25,26)17-5-3-13(20)9-16(17)19/h3,5,9,14,22H,4,6-8,10H2,1-2H3. The molecular formula is C18H21ClFN3O4S. The summed E-state index contributed by atoms with van der Waals surface area (Å²) in [6.07, 6.45) is 1.04. The number of nitrogens with zero attached hydrogens (tertiary/aromatic N) is 2. The van der Waals surface area contributed by atoms with Gasteiger partial charge >= 0.3 is 0 Å². The van der Waals surface area contributed by atoms with Gasteiger partial charge in [0.05, 0.1) is 17.3 Å². The van der Waals surface area contributed by atoms with E-state index in [0.717, 1.165) is 29.5 Å². The zero-order valence-electron chi connectivity index (χ0n) is 15.5. The fraction of sp³-hybridized carbons (Fsp3) is 0.444. The molecule has 3 rings (SSSR count). The van der Waals surface area contributed by atoms with Crippen LogP contribution in [0.4, 0.5) is 4.39 Å². The van der Waals surface area contributed by atoms with Crippen LogP contribution in [0.5, 0.6) is 0 Å². The molecule has 0 aliphatic carbocycles. The molecule has 2 heterocycles. The van der Waals surface area contributed by atoms with Gasteiger partial charge in [-0.15, -0.1) is 0 Å². The number of carbonyl (C=O) groups excluding carboxylic acids is 1. The fourth-order valence-electron chi connectivity index (χ4n) is 3.22. The number of likely N-dealkylation sites (tertiary alicyclic amines) is 1. The Bertz CT molecular complexity index is 973. The first-order chi connectivity index (χ1) is 13.2. The molecule has 1 N–H and O–H groups in total. The molecule has 152 valence electrons. The van der Waals surface area contributed by atoms with Crippen LogP contribution in [0, 0.1) is 19.7 Å². The Morgan fingerprint density at radius 2 is 2.11 bits per heavy atom. The van der Waals surface area contributed by atoms with Crippen molar-refractivity contribution in [1.82, 2.24) is 14.8 Å². The third-order valence-corrected chi connectivity index (χ3v) is 6.85. The van der Waals surface area contributed by atoms with Crippen molar-refractivity contribution < 1.29 is 22.1 Å². The second kappa shape index (κ2) is 8.18. The Hall–Kier alpha value is -1.97. The fourth-order valence-corrected chi connectivity index (χ4v) is 5.05. The van der Waals surface area contributed by atoms with Gasteiger partial charge in [-0.3, -0.25) is 4.79 Å². The van der Waals surface area contributed by atoms with E-state index in [0.29, 0.717) is 31.7 Å². The number of amides is 1. The van der Waals surface area contributed by atoms with E-state index < -0.39 is 21.9 Å². The molecule has 7 nitrogen and oxygen atoms in total. The lowest BCUT2D eigenvalue weighted by molar-refractivity contribution is -0.131. The zero-order valence-corrected chi connectivity index (χ0v) is 17.1. The predicted molar refractivity (Wildman–Crippen MR) is 101 cm³/mol. The molecule has 1 fully saturated rings. The number of carbonyl (C=O) groups is 1. The van der Waals surface area contributed by atoms with Crippen molar-refractivity contribution in [2.24, 2.45) is 0 Å². The smallest absolute Gasteiger partial charge is 0.242 e. The summed E-state index contributed by atoms with van der Waals surface area (Å²) in [6, 6.07) is 2.70. The summed E-state index contributed by atoms with van der Waals surface area (Å²) in [5.41, 5.74) is 1.60. The normalized spacial score (nSPS) is 18.4. The van der Waals surface area contributed by atoms with Gasteiger partial charge in [-0.25, -0.2) is 17.5 Å². The van der Waals surface area contributed by atoms with Gasteiger partial charge in [0.15, 0.2) is 0 Å². The van der Waals surface area contributed by atoms with Gasteiger partial charge in [0.2, 0.25) is 15.9 Å². The topological polar surface area (TPSA) is 92.5 Å². The quantitative estimate of drug-likeness (QED) is 0.788. The predicted octanol–water partition coefficient (Wildman–Crippen LogP) is 2.94. The molecule has 2 aromatic rings. The maximum absolute atomic E-state index is 13.2. The number of rotatable bonds is 5. The summed E-state index contributed by atoms with van der Waals surface area (Å²) in [6.45, 7) is 4.38. The number of aryl methyl sites for hydroxylation is 2. The Morgan fingerprint density at radius 3 is 2.75 bits per heavy atom. The number of sulfonamides is 1. The Balaban J connectivity index is 1.70. The highest BCUT2D eigenvalue weighted by Gasteiger charge is 2.28. The highest BCUT2D eigenvalue weighted by Crippen LogP contribution is 2.24. The molecule has 1 aromatic heterocycles. The summed E-state index contributed by atoms with van der Waals surface area (Å²) < 4.78 is 46.2. The minimum Gasteiger partial charge on any atom is -0.361 e. The van der Waals surface area contributed by atoms with Gasteiger partial charge in [0.25, 0.3) is 0 Å². The first-order valence-electron chi connectivity index (χ1n) is 8.84. The average Bonchev–Trinajstić information content (AvgIpc) is 2.82. The van der Waals surface area contributed by atoms with E-state index in [-0.39, 0.29) is 22.2 Å². The van der Waals surface area contributed by atoms with Crippen molar-refractivity contribution >= 4 is 27.5 Å². The third-order valence-electron chi connectivity index (χ3n) is 4.84. The maximum Gasteiger partial charge on any atom is 0.242 e. The van der Waals surface area contributed by atoms with Gasteiger partial charge in [0.1, 0.15) is 16.5 Å². The summed E-state index contributed by atoms with van der Waals surface area (Å²) in [5, 5.41) is 3.71. The Morgan fingerprint density at radius 1 is 1.36 bits per heavy atom. The van der Waals surface area contributed by atoms with Crippen LogP contribution in [0.1, 0.15) is 36.3 Å². The van der Waals surface area contributed by atoms with E-state index in [1.165, 1.54) is 0 Å². The SMILES string of the molecule is Cc1noc(C)c1CN1CCC(NS(=O)(=O)c2ccc(F)cc2Cl)CCC1=O. The minimum atomic E-state index is -3.93. The molecule has 0 bridgehead atoms. The minimum absolute atomic E-state index is 0.0542. The Labute approximate surface area is 167 Å². The lowest BCUT2D eigenvalue weighted by Gasteiger charge is -2.21. The van der Waals surface area contributed by atoms with E-state index in [9.17, 15) is 17.6 Å². The number of hydrogen-bond donors (Lipinski definition) is 1. The number of aromatic nitrogens is 1. The third kappa shape index (κ3) is 4.53. The second-order valence-corrected chi connectivity index (χ2v) is 8.93. The van der Waals surface area contributed by atoms with Crippen molar-refractivity contribution in [3.8, 4) is 0 Å². The summed E-state index contributed by atoms with van der Waals surface area (Å²) in [5.74, 6) is -0.00163. The highest BCUT2D eigenvalue weighted by atomic mass is 35.5. The lowest BCUT2D eigenvalue weighted by atomic mass is 10.1. The van der Waals surface area contributed by atoms with Crippen LogP contribution in [0.15, 0.2) is 27.6 Å². The monoisotopic (exact) mass is 429 g/mol. The second-order valence-electron chi connectivity index (χ2n) is 6.84. The van der Waals surface area contributed by atoms with Gasteiger partial charge in [-0.05, 0) is 44.9 Å². The molecule has 1 atom stereocenters. The van der Waals surface area contributed by atoms with E-state index in [1.54, 1.807) is 11.8 Å². The number of nitrogens with one attached hydrogen (secondary N) is 1. The molecular weight excluding hydrogens is 409 g/mol. The summed E-state index contributed by atoms with van der Waals surface area (Å²) in [7, 11) is -3.93. The molecule has 1 saturated heterocycles. The van der Waals surface area contributed by atoms with Crippen molar-refractivity contribution in [3.05, 3.63) is 46.1 Å². The van der Waals surface area contributed by atoms with Crippen LogP contribution in [0.25, 0.3) is 0 Å². The van der Waals surface area contributed by atoms with Crippen molar-refractivity contribution in [2.45, 2.75) is 50.6 Å². The molecule has 0 saturated carbocycles. The number of halogens is 2. The molecule has 1 amide bonds. The van der Waals surface area contributed by atoms with Crippen LogP contribution >= 0.6 is 11.6 Å². The van der Waals surface area contributed by atoms with E-state index in [4.69, 9.17) is 16.1 Å². The van der Waals surface area contributed by atoms with Crippen LogP contribution in [-0.4, -0.2) is 37.0 Å². The molecule has 1 aromatic carbocycles. The molecule has 1 aliphatic heterocycles. The van der Waals surface area contributed by atoms with Crippen LogP contribution in [0.2, 0.25) is 5.02 Å². The first-order valence-corrected chi connectivity index (χ1v) is 10.7. The number of hydrogen-bond acceptors (Lipinski definition) is 5. The summed E-state index contributed by atoms with van der Waals surface area (Å²) >= 11 is 5.88. The molecule has 0 spiro atoms. The van der Waals surface area contributed by atoms with E-state index >= 15 is 0 Å². The van der Waals surface area contributed by atoms with Gasteiger partial charge < -0.3 is 9.42 Å². The summed E-state index contributed by atoms with van der Waals surface area (Å²) in [4.78, 5) is 14.0. The van der Waals surface area contributed by atoms with E-state index in [1.807, 2.05) is 6.92 Å². The maximum atomic E-state index is 13.2. The van der Waals surface area contributed by atoms with Gasteiger partial charge in [-0.2, -0.15) is 0 Å². The van der Waals surface area contributed by atoms with Crippen LogP contribution in [-0.2, 0) is 21.4 Å². The molecule has 0 radical (unpaired) electrons.